The molecular formula is C16H15N5O. The van der Waals surface area contributed by atoms with Gasteiger partial charge in [-0.15, -0.1) is 0 Å². The fourth-order valence-corrected chi connectivity index (χ4v) is 2.11. The van der Waals surface area contributed by atoms with Crippen molar-refractivity contribution in [1.29, 1.82) is 0 Å². The van der Waals surface area contributed by atoms with Crippen molar-refractivity contribution in [2.75, 3.05) is 7.05 Å². The van der Waals surface area contributed by atoms with Crippen molar-refractivity contribution in [2.45, 2.75) is 6.54 Å². The number of nitrogens with zero attached hydrogens (tertiary/aromatic N) is 5. The molecule has 0 bridgehead atoms. The van der Waals surface area contributed by atoms with Crippen LogP contribution in [-0.4, -0.2) is 37.6 Å². The maximum absolute atomic E-state index is 12.2. The number of carbonyl (C=O) groups is 1. The van der Waals surface area contributed by atoms with Gasteiger partial charge in [0.05, 0.1) is 18.1 Å². The van der Waals surface area contributed by atoms with Crippen LogP contribution in [0.5, 0.6) is 0 Å². The molecule has 0 aliphatic carbocycles. The lowest BCUT2D eigenvalue weighted by Crippen LogP contribution is -2.26. The second-order valence-corrected chi connectivity index (χ2v) is 4.88. The van der Waals surface area contributed by atoms with Crippen molar-refractivity contribution in [1.82, 2.24) is 24.6 Å². The van der Waals surface area contributed by atoms with E-state index in [1.54, 1.807) is 29.0 Å². The minimum atomic E-state index is -0.166. The molecule has 0 aliphatic rings. The lowest BCUT2D eigenvalue weighted by atomic mass is 10.3. The highest BCUT2D eigenvalue weighted by Gasteiger charge is 2.14. The van der Waals surface area contributed by atoms with Gasteiger partial charge in [-0.2, -0.15) is 5.10 Å². The molecule has 2 heterocycles. The molecule has 0 spiro atoms. The fraction of sp³-hybridized carbons (Fsp3) is 0.125. The molecule has 6 heteroatoms. The first-order valence-electron chi connectivity index (χ1n) is 6.84. The van der Waals surface area contributed by atoms with Gasteiger partial charge in [-0.05, 0) is 12.1 Å². The van der Waals surface area contributed by atoms with Crippen molar-refractivity contribution >= 4 is 5.91 Å². The summed E-state index contributed by atoms with van der Waals surface area (Å²) in [7, 11) is 1.73. The number of rotatable bonds is 4. The number of hydrogen-bond acceptors (Lipinski definition) is 4. The zero-order chi connectivity index (χ0) is 15.4. The van der Waals surface area contributed by atoms with E-state index < -0.39 is 0 Å². The Bertz CT molecular complexity index is 754. The molecule has 0 unspecified atom stereocenters. The summed E-state index contributed by atoms with van der Waals surface area (Å²) in [6, 6.07) is 9.83. The van der Waals surface area contributed by atoms with E-state index in [0.717, 1.165) is 11.3 Å². The summed E-state index contributed by atoms with van der Waals surface area (Å²) < 4.78 is 1.79. The van der Waals surface area contributed by atoms with Gasteiger partial charge in [0.25, 0.3) is 5.91 Å². The molecule has 0 radical (unpaired) electrons. The molecule has 3 rings (SSSR count). The van der Waals surface area contributed by atoms with Gasteiger partial charge in [0.1, 0.15) is 5.69 Å². The van der Waals surface area contributed by atoms with E-state index in [1.165, 1.54) is 12.4 Å². The number of amides is 1. The van der Waals surface area contributed by atoms with Crippen LogP contribution in [0.25, 0.3) is 5.69 Å². The third-order valence-electron chi connectivity index (χ3n) is 3.21. The Morgan fingerprint density at radius 3 is 2.73 bits per heavy atom. The van der Waals surface area contributed by atoms with E-state index in [2.05, 4.69) is 15.1 Å². The Labute approximate surface area is 128 Å². The average Bonchev–Trinajstić information content (AvgIpc) is 3.04. The maximum atomic E-state index is 12.2. The number of aromatic nitrogens is 4. The molecule has 0 N–H and O–H groups in total. The monoisotopic (exact) mass is 293 g/mol. The zero-order valence-electron chi connectivity index (χ0n) is 12.1. The van der Waals surface area contributed by atoms with Gasteiger partial charge in [-0.3, -0.25) is 9.78 Å². The molecule has 0 saturated heterocycles. The van der Waals surface area contributed by atoms with Crippen molar-refractivity contribution < 1.29 is 4.79 Å². The molecule has 0 saturated carbocycles. The summed E-state index contributed by atoms with van der Waals surface area (Å²) in [5, 5.41) is 4.32. The summed E-state index contributed by atoms with van der Waals surface area (Å²) in [5.41, 5.74) is 2.26. The summed E-state index contributed by atoms with van der Waals surface area (Å²) in [4.78, 5) is 21.7. The SMILES string of the molecule is CN(Cc1cnn(-c2ccccc2)c1)C(=O)c1cnccn1. The normalized spacial score (nSPS) is 10.4. The minimum Gasteiger partial charge on any atom is -0.336 e. The highest BCUT2D eigenvalue weighted by Crippen LogP contribution is 2.10. The minimum absolute atomic E-state index is 0.166. The molecule has 22 heavy (non-hydrogen) atoms. The second kappa shape index (κ2) is 6.17. The topological polar surface area (TPSA) is 63.9 Å². The van der Waals surface area contributed by atoms with Crippen LogP contribution in [0.15, 0.2) is 61.3 Å². The van der Waals surface area contributed by atoms with Crippen LogP contribution in [0.1, 0.15) is 16.1 Å². The molecule has 110 valence electrons. The Morgan fingerprint density at radius 2 is 2.00 bits per heavy atom. The number of benzene rings is 1. The molecule has 2 aromatic heterocycles. The molecule has 0 aliphatic heterocycles. The number of para-hydroxylation sites is 1. The second-order valence-electron chi connectivity index (χ2n) is 4.88. The highest BCUT2D eigenvalue weighted by molar-refractivity contribution is 5.91. The quantitative estimate of drug-likeness (QED) is 0.737. The van der Waals surface area contributed by atoms with Crippen molar-refractivity contribution in [3.8, 4) is 5.69 Å². The third-order valence-corrected chi connectivity index (χ3v) is 3.21. The van der Waals surface area contributed by atoms with Gasteiger partial charge in [-0.25, -0.2) is 9.67 Å². The van der Waals surface area contributed by atoms with Crippen LogP contribution in [-0.2, 0) is 6.54 Å². The summed E-state index contributed by atoms with van der Waals surface area (Å²) in [5.74, 6) is -0.166. The third kappa shape index (κ3) is 3.01. The summed E-state index contributed by atoms with van der Waals surface area (Å²) in [6.45, 7) is 0.461. The van der Waals surface area contributed by atoms with Crippen molar-refractivity contribution in [3.63, 3.8) is 0 Å². The predicted octanol–water partition coefficient (Wildman–Crippen LogP) is 1.93. The van der Waals surface area contributed by atoms with Crippen LogP contribution in [0.4, 0.5) is 0 Å². The first kappa shape index (κ1) is 13.9. The van der Waals surface area contributed by atoms with Gasteiger partial charge in [0, 0.05) is 37.7 Å². The average molecular weight is 293 g/mol. The molecule has 6 nitrogen and oxygen atoms in total. The van der Waals surface area contributed by atoms with E-state index in [-0.39, 0.29) is 5.91 Å². The number of hydrogen-bond donors (Lipinski definition) is 0. The van der Waals surface area contributed by atoms with Gasteiger partial charge in [-0.1, -0.05) is 18.2 Å². The summed E-state index contributed by atoms with van der Waals surface area (Å²) in [6.07, 6.45) is 8.19. The zero-order valence-corrected chi connectivity index (χ0v) is 12.1. The Kier molecular flexibility index (Phi) is 3.91. The molecule has 1 amide bonds. The molecule has 1 aromatic carbocycles. The lowest BCUT2D eigenvalue weighted by Gasteiger charge is -2.15. The molecule has 0 fully saturated rings. The largest absolute Gasteiger partial charge is 0.336 e. The van der Waals surface area contributed by atoms with Crippen LogP contribution in [0, 0.1) is 0 Å². The Morgan fingerprint density at radius 1 is 1.18 bits per heavy atom. The molecule has 3 aromatic rings. The predicted molar refractivity (Wildman–Crippen MR) is 81.4 cm³/mol. The van der Waals surface area contributed by atoms with Crippen LogP contribution < -0.4 is 0 Å². The maximum Gasteiger partial charge on any atom is 0.274 e. The van der Waals surface area contributed by atoms with Crippen LogP contribution >= 0.6 is 0 Å². The van der Waals surface area contributed by atoms with Gasteiger partial charge in [0.2, 0.25) is 0 Å². The smallest absolute Gasteiger partial charge is 0.274 e. The highest BCUT2D eigenvalue weighted by atomic mass is 16.2. The fourth-order valence-electron chi connectivity index (χ4n) is 2.11. The van der Waals surface area contributed by atoms with E-state index >= 15 is 0 Å². The number of carbonyl (C=O) groups excluding carboxylic acids is 1. The van der Waals surface area contributed by atoms with Crippen molar-refractivity contribution in [2.24, 2.45) is 0 Å². The van der Waals surface area contributed by atoms with Crippen LogP contribution in [0.2, 0.25) is 0 Å². The summed E-state index contributed by atoms with van der Waals surface area (Å²) >= 11 is 0. The lowest BCUT2D eigenvalue weighted by molar-refractivity contribution is 0.0779. The Hall–Kier alpha value is -3.02. The van der Waals surface area contributed by atoms with E-state index in [4.69, 9.17) is 0 Å². The molecular weight excluding hydrogens is 278 g/mol. The van der Waals surface area contributed by atoms with E-state index in [1.807, 2.05) is 36.5 Å². The standard InChI is InChI=1S/C16H15N5O/c1-20(16(22)15-10-17-7-8-18-15)11-13-9-19-21(12-13)14-5-3-2-4-6-14/h2-10,12H,11H2,1H3. The van der Waals surface area contributed by atoms with E-state index in [9.17, 15) is 4.79 Å². The molecule has 0 atom stereocenters. The first-order chi connectivity index (χ1) is 10.7. The van der Waals surface area contributed by atoms with Crippen molar-refractivity contribution in [3.05, 3.63) is 72.6 Å². The van der Waals surface area contributed by atoms with Gasteiger partial charge in [0.15, 0.2) is 0 Å². The Balaban J connectivity index is 1.71. The van der Waals surface area contributed by atoms with Gasteiger partial charge >= 0.3 is 0 Å². The van der Waals surface area contributed by atoms with Gasteiger partial charge < -0.3 is 4.90 Å². The van der Waals surface area contributed by atoms with Crippen LogP contribution in [0.3, 0.4) is 0 Å². The van der Waals surface area contributed by atoms with E-state index in [0.29, 0.717) is 12.2 Å². The first-order valence-corrected chi connectivity index (χ1v) is 6.84.